The molecule has 1 atom stereocenters. The molecule has 0 radical (unpaired) electrons. The summed E-state index contributed by atoms with van der Waals surface area (Å²) in [5.41, 5.74) is 0. The van der Waals surface area contributed by atoms with Crippen LogP contribution in [-0.4, -0.2) is 39.4 Å². The molecule has 0 amide bonds. The van der Waals surface area contributed by atoms with Crippen molar-refractivity contribution in [1.82, 2.24) is 9.62 Å². The minimum atomic E-state index is -4.30. The van der Waals surface area contributed by atoms with Crippen LogP contribution in [0.1, 0.15) is 12.8 Å². The Balaban J connectivity index is 0.00000242. The van der Waals surface area contributed by atoms with Crippen molar-refractivity contribution in [1.29, 1.82) is 0 Å². The summed E-state index contributed by atoms with van der Waals surface area (Å²) in [6.07, 6.45) is 1.47. The Hall–Kier alpha value is -0.830. The van der Waals surface area contributed by atoms with Crippen LogP contribution in [-0.2, 0) is 10.0 Å². The van der Waals surface area contributed by atoms with Crippen molar-refractivity contribution >= 4 is 22.4 Å². The lowest BCUT2D eigenvalue weighted by molar-refractivity contribution is 0.262. The first kappa shape index (κ1) is 19.2. The second-order valence-electron chi connectivity index (χ2n) is 5.13. The zero-order valence-electron chi connectivity index (χ0n) is 12.0. The largest absolute Gasteiger partial charge is 0.319 e. The minimum Gasteiger partial charge on any atom is -0.319 e. The molecule has 1 aliphatic heterocycles. The molecule has 1 aromatic rings. The average Bonchev–Trinajstić information content (AvgIpc) is 2.37. The highest BCUT2D eigenvalue weighted by molar-refractivity contribution is 7.89. The molecule has 1 aliphatic rings. The number of rotatable bonds is 4. The van der Waals surface area contributed by atoms with E-state index >= 15 is 0 Å². The van der Waals surface area contributed by atoms with Crippen molar-refractivity contribution in [3.63, 3.8) is 0 Å². The molecule has 1 N–H and O–H groups in total. The highest BCUT2D eigenvalue weighted by Crippen LogP contribution is 2.27. The van der Waals surface area contributed by atoms with E-state index in [1.165, 1.54) is 0 Å². The van der Waals surface area contributed by atoms with Crippen LogP contribution >= 0.6 is 12.4 Å². The predicted molar refractivity (Wildman–Crippen MR) is 79.0 cm³/mol. The SMILES string of the molecule is CNCC1CCCN(S(=O)(=O)c2c(F)cc(F)cc2F)C1.Cl. The Morgan fingerprint density at radius 2 is 1.86 bits per heavy atom. The Bertz CT molecular complexity index is 603. The maximum atomic E-state index is 13.7. The van der Waals surface area contributed by atoms with Crippen LogP contribution in [0.2, 0.25) is 0 Å². The lowest BCUT2D eigenvalue weighted by Crippen LogP contribution is -2.42. The number of halogens is 4. The zero-order valence-corrected chi connectivity index (χ0v) is 13.6. The number of sulfonamides is 1. The van der Waals surface area contributed by atoms with Gasteiger partial charge >= 0.3 is 0 Å². The van der Waals surface area contributed by atoms with Gasteiger partial charge in [0.1, 0.15) is 17.5 Å². The molecule has 0 bridgehead atoms. The first-order valence-electron chi connectivity index (χ1n) is 6.65. The monoisotopic (exact) mass is 358 g/mol. The molecule has 1 unspecified atom stereocenters. The summed E-state index contributed by atoms with van der Waals surface area (Å²) in [5.74, 6) is -3.85. The zero-order chi connectivity index (χ0) is 15.6. The van der Waals surface area contributed by atoms with Gasteiger partial charge in [-0.15, -0.1) is 12.4 Å². The lowest BCUT2D eigenvalue weighted by atomic mass is 10.00. The van der Waals surface area contributed by atoms with Gasteiger partial charge in [0.2, 0.25) is 10.0 Å². The number of hydrogen-bond acceptors (Lipinski definition) is 3. The topological polar surface area (TPSA) is 49.4 Å². The van der Waals surface area contributed by atoms with Crippen molar-refractivity contribution in [3.05, 3.63) is 29.6 Å². The third-order valence-electron chi connectivity index (χ3n) is 3.54. The van der Waals surface area contributed by atoms with Crippen molar-refractivity contribution < 1.29 is 21.6 Å². The Kier molecular flexibility index (Phi) is 6.66. The van der Waals surface area contributed by atoms with Crippen LogP contribution < -0.4 is 5.32 Å². The van der Waals surface area contributed by atoms with Crippen molar-refractivity contribution in [2.75, 3.05) is 26.7 Å². The van der Waals surface area contributed by atoms with E-state index in [0.717, 1.165) is 10.7 Å². The van der Waals surface area contributed by atoms with Gasteiger partial charge in [-0.1, -0.05) is 0 Å². The molecule has 0 aliphatic carbocycles. The fourth-order valence-corrected chi connectivity index (χ4v) is 4.25. The Labute approximate surface area is 134 Å². The van der Waals surface area contributed by atoms with Gasteiger partial charge in [-0.25, -0.2) is 21.6 Å². The number of nitrogens with zero attached hydrogens (tertiary/aromatic N) is 1. The smallest absolute Gasteiger partial charge is 0.248 e. The van der Waals surface area contributed by atoms with E-state index < -0.39 is 32.4 Å². The van der Waals surface area contributed by atoms with E-state index in [2.05, 4.69) is 5.32 Å². The fraction of sp³-hybridized carbons (Fsp3) is 0.538. The van der Waals surface area contributed by atoms with Gasteiger partial charge in [0.25, 0.3) is 0 Å². The molecule has 2 rings (SSSR count). The van der Waals surface area contributed by atoms with Crippen LogP contribution in [0, 0.1) is 23.4 Å². The molecule has 0 spiro atoms. The molecule has 1 heterocycles. The Morgan fingerprint density at radius 3 is 2.41 bits per heavy atom. The van der Waals surface area contributed by atoms with Gasteiger partial charge in [-0.3, -0.25) is 0 Å². The summed E-state index contributed by atoms with van der Waals surface area (Å²) in [6, 6.07) is 0.760. The molecular weight excluding hydrogens is 341 g/mol. The van der Waals surface area contributed by atoms with E-state index in [0.29, 0.717) is 25.1 Å². The van der Waals surface area contributed by atoms with Gasteiger partial charge in [-0.05, 0) is 32.4 Å². The first-order valence-corrected chi connectivity index (χ1v) is 8.09. The summed E-state index contributed by atoms with van der Waals surface area (Å²) in [5, 5.41) is 2.96. The summed E-state index contributed by atoms with van der Waals surface area (Å²) >= 11 is 0. The molecule has 126 valence electrons. The van der Waals surface area contributed by atoms with Gasteiger partial charge in [-0.2, -0.15) is 4.31 Å². The first-order chi connectivity index (χ1) is 9.86. The normalized spacial score (nSPS) is 19.7. The van der Waals surface area contributed by atoms with Gasteiger partial charge in [0.15, 0.2) is 4.90 Å². The second kappa shape index (κ2) is 7.63. The van der Waals surface area contributed by atoms with Crippen molar-refractivity contribution in [2.24, 2.45) is 5.92 Å². The molecule has 0 aromatic heterocycles. The van der Waals surface area contributed by atoms with E-state index in [1.807, 2.05) is 0 Å². The van der Waals surface area contributed by atoms with E-state index in [-0.39, 0.29) is 31.4 Å². The molecule has 0 saturated carbocycles. The second-order valence-corrected chi connectivity index (χ2v) is 7.00. The molecule has 4 nitrogen and oxygen atoms in total. The highest BCUT2D eigenvalue weighted by atomic mass is 35.5. The summed E-state index contributed by atoms with van der Waals surface area (Å²) in [7, 11) is -2.55. The maximum Gasteiger partial charge on any atom is 0.248 e. The maximum absolute atomic E-state index is 13.7. The third kappa shape index (κ3) is 3.92. The standard InChI is InChI=1S/C13H17F3N2O2S.ClH/c1-17-7-9-3-2-4-18(8-9)21(19,20)13-11(15)5-10(14)6-12(13)16;/h5-6,9,17H,2-4,7-8H2,1H3;1H. The fourth-order valence-electron chi connectivity index (χ4n) is 2.60. The van der Waals surface area contributed by atoms with Gasteiger partial charge < -0.3 is 5.32 Å². The van der Waals surface area contributed by atoms with Crippen LogP contribution in [0.3, 0.4) is 0 Å². The van der Waals surface area contributed by atoms with Crippen molar-refractivity contribution in [2.45, 2.75) is 17.7 Å². The number of benzene rings is 1. The lowest BCUT2D eigenvalue weighted by Gasteiger charge is -2.32. The van der Waals surface area contributed by atoms with E-state index in [1.54, 1.807) is 7.05 Å². The van der Waals surface area contributed by atoms with Gasteiger partial charge in [0.05, 0.1) is 0 Å². The minimum absolute atomic E-state index is 0. The molecular formula is C13H18ClF3N2O2S. The molecule has 1 fully saturated rings. The van der Waals surface area contributed by atoms with Crippen LogP contribution in [0.4, 0.5) is 13.2 Å². The summed E-state index contributed by atoms with van der Waals surface area (Å²) < 4.78 is 66.2. The van der Waals surface area contributed by atoms with Crippen LogP contribution in [0.15, 0.2) is 17.0 Å². The number of hydrogen-bond donors (Lipinski definition) is 1. The van der Waals surface area contributed by atoms with Crippen LogP contribution in [0.5, 0.6) is 0 Å². The number of nitrogens with one attached hydrogen (secondary N) is 1. The van der Waals surface area contributed by atoms with E-state index in [4.69, 9.17) is 0 Å². The Morgan fingerprint density at radius 1 is 1.27 bits per heavy atom. The molecule has 1 aromatic carbocycles. The third-order valence-corrected chi connectivity index (χ3v) is 5.45. The molecule has 1 saturated heterocycles. The average molecular weight is 359 g/mol. The predicted octanol–water partition coefficient (Wildman–Crippen LogP) is 2.15. The highest BCUT2D eigenvalue weighted by Gasteiger charge is 2.34. The summed E-state index contributed by atoms with van der Waals surface area (Å²) in [6.45, 7) is 1.03. The van der Waals surface area contributed by atoms with Crippen molar-refractivity contribution in [3.8, 4) is 0 Å². The van der Waals surface area contributed by atoms with E-state index in [9.17, 15) is 21.6 Å². The number of piperidine rings is 1. The molecule has 9 heteroatoms. The summed E-state index contributed by atoms with van der Waals surface area (Å²) in [4.78, 5) is -1.07. The van der Waals surface area contributed by atoms with Crippen LogP contribution in [0.25, 0.3) is 0 Å². The molecule has 22 heavy (non-hydrogen) atoms. The van der Waals surface area contributed by atoms with Gasteiger partial charge in [0, 0.05) is 25.2 Å². The quantitative estimate of drug-likeness (QED) is 0.897.